The van der Waals surface area contributed by atoms with E-state index in [0.717, 1.165) is 55.4 Å². The van der Waals surface area contributed by atoms with Gasteiger partial charge in [0, 0.05) is 35.9 Å². The zero-order valence-electron chi connectivity index (χ0n) is 18.4. The summed E-state index contributed by atoms with van der Waals surface area (Å²) < 4.78 is 2.38. The lowest BCUT2D eigenvalue weighted by Crippen LogP contribution is -2.13. The van der Waals surface area contributed by atoms with E-state index in [9.17, 15) is 9.90 Å². The molecule has 2 heterocycles. The number of Topliss-reactive ketones (excluding diaryl/α,β-unsaturated/α-hetero) is 1. The zero-order valence-corrected chi connectivity index (χ0v) is 19.3. The van der Waals surface area contributed by atoms with Crippen LogP contribution in [0.5, 0.6) is 0 Å². The summed E-state index contributed by atoms with van der Waals surface area (Å²) in [5.74, 6) is 1.22. The Labute approximate surface area is 184 Å². The molecule has 3 rings (SSSR count). The molecule has 0 saturated heterocycles. The molecule has 4 nitrogen and oxygen atoms in total. The molecule has 1 atom stereocenters. The van der Waals surface area contributed by atoms with E-state index in [-0.39, 0.29) is 18.3 Å². The Balaban J connectivity index is 1.92. The third-order valence-electron chi connectivity index (χ3n) is 6.00. The highest BCUT2D eigenvalue weighted by atomic mass is 32.1. The van der Waals surface area contributed by atoms with Crippen molar-refractivity contribution in [3.63, 3.8) is 0 Å². The number of aromatic nitrogens is 2. The van der Waals surface area contributed by atoms with Gasteiger partial charge in [0.15, 0.2) is 5.78 Å². The molecule has 30 heavy (non-hydrogen) atoms. The Hall–Kier alpha value is -1.98. The lowest BCUT2D eigenvalue weighted by Gasteiger charge is -2.19. The minimum absolute atomic E-state index is 0.0460. The zero-order chi connectivity index (χ0) is 21.5. The Morgan fingerprint density at radius 1 is 1.20 bits per heavy atom. The van der Waals surface area contributed by atoms with Crippen LogP contribution < -0.4 is 0 Å². The molecular weight excluding hydrogens is 392 g/mol. The number of hydrogen-bond donors (Lipinski definition) is 1. The number of rotatable bonds is 12. The summed E-state index contributed by atoms with van der Waals surface area (Å²) in [5, 5.41) is 11.7. The Morgan fingerprint density at radius 2 is 2.00 bits per heavy atom. The first-order chi connectivity index (χ1) is 14.6. The summed E-state index contributed by atoms with van der Waals surface area (Å²) in [6.07, 6.45) is 6.34. The molecule has 1 aromatic carbocycles. The maximum Gasteiger partial charge on any atom is 0.163 e. The largest absolute Gasteiger partial charge is 0.396 e. The molecule has 0 fully saturated rings. The van der Waals surface area contributed by atoms with Gasteiger partial charge in [0.25, 0.3) is 0 Å². The molecule has 0 aliphatic carbocycles. The smallest absolute Gasteiger partial charge is 0.163 e. The number of nitrogens with zero attached hydrogens (tertiary/aromatic N) is 2. The van der Waals surface area contributed by atoms with Crippen LogP contribution in [0.4, 0.5) is 0 Å². The summed E-state index contributed by atoms with van der Waals surface area (Å²) in [4.78, 5) is 19.1. The number of unbranched alkanes of at least 4 members (excludes halogenated alkanes) is 1. The van der Waals surface area contributed by atoms with Gasteiger partial charge >= 0.3 is 0 Å². The first-order valence-corrected chi connectivity index (χ1v) is 12.2. The molecule has 5 heteroatoms. The van der Waals surface area contributed by atoms with Crippen LogP contribution in [0.15, 0.2) is 35.7 Å². The predicted molar refractivity (Wildman–Crippen MR) is 126 cm³/mol. The predicted octanol–water partition coefficient (Wildman–Crippen LogP) is 6.42. The van der Waals surface area contributed by atoms with E-state index in [4.69, 9.17) is 4.98 Å². The number of benzene rings is 1. The third kappa shape index (κ3) is 5.19. The number of hydrogen-bond acceptors (Lipinski definition) is 4. The molecule has 0 amide bonds. The summed E-state index contributed by atoms with van der Waals surface area (Å²) >= 11 is 1.76. The van der Waals surface area contributed by atoms with Crippen molar-refractivity contribution in [3.8, 4) is 0 Å². The van der Waals surface area contributed by atoms with Gasteiger partial charge in [-0.2, -0.15) is 0 Å². The molecule has 0 spiro atoms. The number of carbonyl (C=O) groups is 1. The standard InChI is InChI=1S/C25H34N2O2S/c1-4-7-9-18(17-28)14-24(29)19-11-12-23-22(15-19)26-25(16-21-10-8-13-30-21)27(23)20(5-2)6-3/h8,10-13,15,18,20,28H,4-7,9,14,16-17H2,1-3H3. The SMILES string of the molecule is CCCCC(CO)CC(=O)c1ccc2c(c1)nc(Cc1cccs1)n2C(CC)CC. The lowest BCUT2D eigenvalue weighted by atomic mass is 9.94. The van der Waals surface area contributed by atoms with Gasteiger partial charge < -0.3 is 9.67 Å². The van der Waals surface area contributed by atoms with Gasteiger partial charge in [0.2, 0.25) is 0 Å². The van der Waals surface area contributed by atoms with Crippen LogP contribution in [0.1, 0.15) is 86.4 Å². The van der Waals surface area contributed by atoms with Crippen LogP contribution >= 0.6 is 11.3 Å². The Morgan fingerprint density at radius 3 is 2.63 bits per heavy atom. The number of aliphatic hydroxyl groups excluding tert-OH is 1. The fourth-order valence-electron chi connectivity index (χ4n) is 4.21. The van der Waals surface area contributed by atoms with E-state index < -0.39 is 0 Å². The Kier molecular flexibility index (Phi) is 8.23. The number of ketones is 1. The van der Waals surface area contributed by atoms with Gasteiger partial charge in [-0.3, -0.25) is 4.79 Å². The fourth-order valence-corrected chi connectivity index (χ4v) is 4.91. The molecule has 0 aliphatic heterocycles. The normalized spacial score (nSPS) is 12.7. The van der Waals surface area contributed by atoms with Crippen molar-refractivity contribution in [2.24, 2.45) is 5.92 Å². The van der Waals surface area contributed by atoms with Crippen molar-refractivity contribution >= 4 is 28.2 Å². The minimum Gasteiger partial charge on any atom is -0.396 e. The van der Waals surface area contributed by atoms with Crippen molar-refractivity contribution in [2.45, 2.75) is 71.8 Å². The van der Waals surface area contributed by atoms with Crippen LogP contribution in [0.3, 0.4) is 0 Å². The summed E-state index contributed by atoms with van der Waals surface area (Å²) in [6.45, 7) is 6.65. The highest BCUT2D eigenvalue weighted by Crippen LogP contribution is 2.29. The monoisotopic (exact) mass is 426 g/mol. The molecule has 0 radical (unpaired) electrons. The molecule has 162 valence electrons. The molecule has 0 saturated carbocycles. The highest BCUT2D eigenvalue weighted by Gasteiger charge is 2.20. The molecule has 2 aromatic heterocycles. The first kappa shape index (κ1) is 22.7. The number of imidazole rings is 1. The van der Waals surface area contributed by atoms with Crippen LogP contribution in [-0.2, 0) is 6.42 Å². The van der Waals surface area contributed by atoms with Crippen molar-refractivity contribution < 1.29 is 9.90 Å². The van der Waals surface area contributed by atoms with Crippen LogP contribution in [0.2, 0.25) is 0 Å². The molecule has 3 aromatic rings. The van der Waals surface area contributed by atoms with E-state index >= 15 is 0 Å². The van der Waals surface area contributed by atoms with Crippen LogP contribution in [0, 0.1) is 5.92 Å². The number of fused-ring (bicyclic) bond motifs is 1. The van der Waals surface area contributed by atoms with Gasteiger partial charge in [-0.1, -0.05) is 39.7 Å². The van der Waals surface area contributed by atoms with Gasteiger partial charge in [0.1, 0.15) is 5.82 Å². The van der Waals surface area contributed by atoms with E-state index in [0.29, 0.717) is 18.0 Å². The number of carbonyl (C=O) groups excluding carboxylic acids is 1. The van der Waals surface area contributed by atoms with E-state index in [1.165, 1.54) is 4.88 Å². The van der Waals surface area contributed by atoms with Crippen molar-refractivity contribution in [1.82, 2.24) is 9.55 Å². The maximum absolute atomic E-state index is 12.9. The van der Waals surface area contributed by atoms with Crippen molar-refractivity contribution in [2.75, 3.05) is 6.61 Å². The summed E-state index contributed by atoms with van der Waals surface area (Å²) in [7, 11) is 0. The number of thiophene rings is 1. The Bertz CT molecular complexity index is 942. The maximum atomic E-state index is 12.9. The molecule has 1 N–H and O–H groups in total. The van der Waals surface area contributed by atoms with Gasteiger partial charge in [-0.25, -0.2) is 4.98 Å². The average Bonchev–Trinajstić information content (AvgIpc) is 3.39. The molecule has 1 unspecified atom stereocenters. The first-order valence-electron chi connectivity index (χ1n) is 11.3. The summed E-state index contributed by atoms with van der Waals surface area (Å²) in [6, 6.07) is 10.6. The van der Waals surface area contributed by atoms with E-state index in [1.54, 1.807) is 11.3 Å². The molecule has 0 aliphatic rings. The van der Waals surface area contributed by atoms with Crippen LogP contribution in [0.25, 0.3) is 11.0 Å². The summed E-state index contributed by atoms with van der Waals surface area (Å²) in [5.41, 5.74) is 2.71. The van der Waals surface area contributed by atoms with E-state index in [2.05, 4.69) is 48.9 Å². The van der Waals surface area contributed by atoms with Crippen molar-refractivity contribution in [3.05, 3.63) is 52.0 Å². The second-order valence-electron chi connectivity index (χ2n) is 8.15. The van der Waals surface area contributed by atoms with Gasteiger partial charge in [-0.05, 0) is 54.8 Å². The van der Waals surface area contributed by atoms with Crippen LogP contribution in [-0.4, -0.2) is 27.0 Å². The second-order valence-corrected chi connectivity index (χ2v) is 9.18. The molecule has 0 bridgehead atoms. The minimum atomic E-state index is 0.0460. The lowest BCUT2D eigenvalue weighted by molar-refractivity contribution is 0.0930. The van der Waals surface area contributed by atoms with E-state index in [1.807, 2.05) is 12.1 Å². The topological polar surface area (TPSA) is 55.1 Å². The third-order valence-corrected chi connectivity index (χ3v) is 6.88. The average molecular weight is 427 g/mol. The molecular formula is C25H34N2O2S. The number of aliphatic hydroxyl groups is 1. The second kappa shape index (κ2) is 10.9. The highest BCUT2D eigenvalue weighted by molar-refractivity contribution is 7.09. The van der Waals surface area contributed by atoms with Crippen molar-refractivity contribution in [1.29, 1.82) is 0 Å². The quantitative estimate of drug-likeness (QED) is 0.340. The van der Waals surface area contributed by atoms with Gasteiger partial charge in [0.05, 0.1) is 11.0 Å². The van der Waals surface area contributed by atoms with Gasteiger partial charge in [-0.15, -0.1) is 11.3 Å². The fraction of sp³-hybridized carbons (Fsp3) is 0.520.